The highest BCUT2D eigenvalue weighted by Gasteiger charge is 2.34. The van der Waals surface area contributed by atoms with Crippen molar-refractivity contribution in [1.82, 2.24) is 9.88 Å². The molecule has 0 aliphatic carbocycles. The van der Waals surface area contributed by atoms with Crippen molar-refractivity contribution in [3.05, 3.63) is 82.9 Å². The monoisotopic (exact) mass is 577 g/mol. The third kappa shape index (κ3) is 5.36. The van der Waals surface area contributed by atoms with Gasteiger partial charge in [0.1, 0.15) is 5.75 Å². The standard InChI is InChI=1S/C32H30F3N3O4/c1-18-15-26(42-4)37-29-24(17-25(41-3)28(27(18)29)20-10-7-11-21(16-20)32(33,34)35)36-19(2)9-8-14-38-30(39)22-12-5-6-13-23(22)31(38)40/h5-7,10-13,15-17,19,36H,8-9,14H2,1-4H3. The molecule has 7 nitrogen and oxygen atoms in total. The summed E-state index contributed by atoms with van der Waals surface area (Å²) in [6.07, 6.45) is -3.32. The first-order valence-corrected chi connectivity index (χ1v) is 13.5. The third-order valence-electron chi connectivity index (χ3n) is 7.43. The first-order chi connectivity index (χ1) is 20.0. The molecular weight excluding hydrogens is 547 g/mol. The number of ether oxygens (including phenoxy) is 2. The minimum atomic E-state index is -4.50. The van der Waals surface area contributed by atoms with Gasteiger partial charge < -0.3 is 14.8 Å². The molecule has 0 saturated heterocycles. The maximum atomic E-state index is 13.6. The highest BCUT2D eigenvalue weighted by molar-refractivity contribution is 6.21. The van der Waals surface area contributed by atoms with Gasteiger partial charge in [0.25, 0.3) is 11.8 Å². The number of amides is 2. The molecule has 0 radical (unpaired) electrons. The van der Waals surface area contributed by atoms with Gasteiger partial charge in [0.15, 0.2) is 0 Å². The van der Waals surface area contributed by atoms with Crippen LogP contribution in [0.2, 0.25) is 0 Å². The van der Waals surface area contributed by atoms with E-state index in [-0.39, 0.29) is 24.4 Å². The van der Waals surface area contributed by atoms with Crippen LogP contribution in [0.15, 0.2) is 60.7 Å². The number of carbonyl (C=O) groups excluding carboxylic acids is 2. The molecule has 1 unspecified atom stereocenters. The van der Waals surface area contributed by atoms with E-state index < -0.39 is 11.7 Å². The number of hydrogen-bond acceptors (Lipinski definition) is 6. The number of aryl methyl sites for hydroxylation is 1. The second kappa shape index (κ2) is 11.3. The molecule has 5 rings (SSSR count). The van der Waals surface area contributed by atoms with Crippen LogP contribution < -0.4 is 14.8 Å². The Hall–Kier alpha value is -4.60. The van der Waals surface area contributed by atoms with Gasteiger partial charge in [-0.15, -0.1) is 0 Å². The molecule has 0 fully saturated rings. The van der Waals surface area contributed by atoms with Gasteiger partial charge in [0, 0.05) is 35.7 Å². The predicted molar refractivity (Wildman–Crippen MR) is 154 cm³/mol. The number of alkyl halides is 3. The molecule has 1 N–H and O–H groups in total. The Kier molecular flexibility index (Phi) is 7.81. The summed E-state index contributed by atoms with van der Waals surface area (Å²) < 4.78 is 51.8. The summed E-state index contributed by atoms with van der Waals surface area (Å²) in [5, 5.41) is 4.09. The van der Waals surface area contributed by atoms with E-state index in [1.807, 2.05) is 13.8 Å². The zero-order chi connectivity index (χ0) is 30.2. The van der Waals surface area contributed by atoms with Crippen molar-refractivity contribution in [1.29, 1.82) is 0 Å². The maximum Gasteiger partial charge on any atom is 0.416 e. The van der Waals surface area contributed by atoms with Crippen LogP contribution in [-0.2, 0) is 6.18 Å². The molecule has 0 bridgehead atoms. The smallest absolute Gasteiger partial charge is 0.416 e. The summed E-state index contributed by atoms with van der Waals surface area (Å²) in [5.41, 5.74) is 2.82. The molecule has 2 heterocycles. The summed E-state index contributed by atoms with van der Waals surface area (Å²) in [7, 11) is 2.97. The second-order valence-electron chi connectivity index (χ2n) is 10.3. The molecule has 1 aliphatic heterocycles. The highest BCUT2D eigenvalue weighted by atomic mass is 19.4. The van der Waals surface area contributed by atoms with Crippen LogP contribution in [0.5, 0.6) is 11.6 Å². The minimum Gasteiger partial charge on any atom is -0.496 e. The van der Waals surface area contributed by atoms with E-state index in [0.29, 0.717) is 63.3 Å². The third-order valence-corrected chi connectivity index (χ3v) is 7.43. The average Bonchev–Trinajstić information content (AvgIpc) is 3.21. The van der Waals surface area contributed by atoms with Gasteiger partial charge in [0.2, 0.25) is 5.88 Å². The van der Waals surface area contributed by atoms with Gasteiger partial charge in [0.05, 0.1) is 42.1 Å². The summed E-state index contributed by atoms with van der Waals surface area (Å²) in [4.78, 5) is 31.3. The highest BCUT2D eigenvalue weighted by Crippen LogP contribution is 2.44. The van der Waals surface area contributed by atoms with Gasteiger partial charge in [-0.05, 0) is 62.1 Å². The van der Waals surface area contributed by atoms with Crippen molar-refractivity contribution < 1.29 is 32.2 Å². The number of methoxy groups -OCH3 is 2. The lowest BCUT2D eigenvalue weighted by Crippen LogP contribution is -2.31. The number of nitrogens with one attached hydrogen (secondary N) is 1. The van der Waals surface area contributed by atoms with Crippen LogP contribution in [0, 0.1) is 6.92 Å². The van der Waals surface area contributed by atoms with E-state index in [2.05, 4.69) is 10.3 Å². The number of hydrogen-bond donors (Lipinski definition) is 1. The Morgan fingerprint density at radius 3 is 2.26 bits per heavy atom. The molecule has 218 valence electrons. The first kappa shape index (κ1) is 28.9. The Labute approximate surface area is 241 Å². The second-order valence-corrected chi connectivity index (χ2v) is 10.3. The Bertz CT molecular complexity index is 1650. The number of rotatable bonds is 9. The first-order valence-electron chi connectivity index (χ1n) is 13.5. The molecular formula is C32H30F3N3O4. The Balaban J connectivity index is 1.44. The fraction of sp³-hybridized carbons (Fsp3) is 0.281. The van der Waals surface area contributed by atoms with Crippen molar-refractivity contribution >= 4 is 28.4 Å². The zero-order valence-electron chi connectivity index (χ0n) is 23.6. The summed E-state index contributed by atoms with van der Waals surface area (Å²) in [5.74, 6) is 0.173. The predicted octanol–water partition coefficient (Wildman–Crippen LogP) is 7.12. The zero-order valence-corrected chi connectivity index (χ0v) is 23.6. The van der Waals surface area contributed by atoms with Crippen LogP contribution in [0.3, 0.4) is 0 Å². The molecule has 42 heavy (non-hydrogen) atoms. The van der Waals surface area contributed by atoms with Gasteiger partial charge in [-0.2, -0.15) is 13.2 Å². The SMILES string of the molecule is COc1cc(C)c2c(-c3cccc(C(F)(F)F)c3)c(OC)cc(NC(C)CCCN3C(=O)c4ccccc4C3=O)c2n1. The Morgan fingerprint density at radius 1 is 0.952 bits per heavy atom. The summed E-state index contributed by atoms with van der Waals surface area (Å²) in [6, 6.07) is 15.3. The Morgan fingerprint density at radius 2 is 1.64 bits per heavy atom. The average molecular weight is 578 g/mol. The van der Waals surface area contributed by atoms with Crippen molar-refractivity contribution in [2.45, 2.75) is 38.9 Å². The number of carbonyl (C=O) groups is 2. The minimum absolute atomic E-state index is 0.110. The van der Waals surface area contributed by atoms with Gasteiger partial charge in [-0.1, -0.05) is 24.3 Å². The van der Waals surface area contributed by atoms with Crippen LogP contribution in [0.1, 0.15) is 51.6 Å². The number of halogens is 3. The lowest BCUT2D eigenvalue weighted by Gasteiger charge is -2.22. The molecule has 0 spiro atoms. The fourth-order valence-corrected chi connectivity index (χ4v) is 5.40. The molecule has 2 amide bonds. The van der Waals surface area contributed by atoms with Crippen molar-refractivity contribution in [2.75, 3.05) is 26.1 Å². The van der Waals surface area contributed by atoms with Gasteiger partial charge in [-0.25, -0.2) is 4.98 Å². The molecule has 1 aliphatic rings. The topological polar surface area (TPSA) is 80.8 Å². The van der Waals surface area contributed by atoms with E-state index in [9.17, 15) is 22.8 Å². The van der Waals surface area contributed by atoms with Crippen LogP contribution in [0.25, 0.3) is 22.0 Å². The van der Waals surface area contributed by atoms with Gasteiger partial charge >= 0.3 is 6.18 Å². The summed E-state index contributed by atoms with van der Waals surface area (Å²) in [6.45, 7) is 4.09. The fourth-order valence-electron chi connectivity index (χ4n) is 5.40. The lowest BCUT2D eigenvalue weighted by molar-refractivity contribution is -0.137. The molecule has 1 atom stereocenters. The summed E-state index contributed by atoms with van der Waals surface area (Å²) >= 11 is 0. The molecule has 10 heteroatoms. The van der Waals surface area contributed by atoms with E-state index in [1.165, 1.54) is 25.2 Å². The number of anilines is 1. The van der Waals surface area contributed by atoms with Crippen molar-refractivity contribution in [3.8, 4) is 22.8 Å². The number of pyridine rings is 1. The quantitative estimate of drug-likeness (QED) is 0.213. The number of fused-ring (bicyclic) bond motifs is 2. The number of benzene rings is 3. The lowest BCUT2D eigenvalue weighted by atomic mass is 9.94. The van der Waals surface area contributed by atoms with Crippen LogP contribution in [0.4, 0.5) is 18.9 Å². The maximum absolute atomic E-state index is 13.6. The van der Waals surface area contributed by atoms with Crippen LogP contribution in [-0.4, -0.2) is 48.5 Å². The van der Waals surface area contributed by atoms with Crippen molar-refractivity contribution in [2.24, 2.45) is 0 Å². The van der Waals surface area contributed by atoms with Crippen molar-refractivity contribution in [3.63, 3.8) is 0 Å². The number of nitrogens with zero attached hydrogens (tertiary/aromatic N) is 2. The molecule has 3 aromatic carbocycles. The molecule has 1 aromatic heterocycles. The largest absolute Gasteiger partial charge is 0.496 e. The molecule has 0 saturated carbocycles. The number of imide groups is 1. The number of aromatic nitrogens is 1. The van der Waals surface area contributed by atoms with E-state index >= 15 is 0 Å². The van der Waals surface area contributed by atoms with E-state index in [1.54, 1.807) is 42.5 Å². The normalized spacial score (nSPS) is 13.8. The van der Waals surface area contributed by atoms with Gasteiger partial charge in [-0.3, -0.25) is 14.5 Å². The molecule has 4 aromatic rings. The van der Waals surface area contributed by atoms with E-state index in [4.69, 9.17) is 9.47 Å². The van der Waals surface area contributed by atoms with Crippen LogP contribution >= 0.6 is 0 Å². The van der Waals surface area contributed by atoms with E-state index in [0.717, 1.165) is 17.7 Å².